The number of aliphatic hydroxyl groups excluding tert-OH is 3. The number of fused-ring (bicyclic) bond motifs is 5. The molecule has 1 aliphatic heterocycles. The van der Waals surface area contributed by atoms with Crippen molar-refractivity contribution in [1.82, 2.24) is 5.32 Å². The molecular weight excluding hydrogens is 594 g/mol. The molecule has 14 nitrogen and oxygen atoms in total. The maximum absolute atomic E-state index is 14.3. The van der Waals surface area contributed by atoms with Crippen LogP contribution in [0.5, 0.6) is 0 Å². The maximum atomic E-state index is 14.3. The number of carbonyl (C=O) groups excluding carboxylic acids is 4. The van der Waals surface area contributed by atoms with Crippen LogP contribution in [0.15, 0.2) is 34.2 Å². The highest BCUT2D eigenvalue weighted by atomic mass is 16.6. The average Bonchev–Trinajstić information content (AvgIpc) is 3.48. The third-order valence-electron chi connectivity index (χ3n) is 10.7. The SMILES string of the molecule is CC(=O)N[C@@H](c1ccoc1)[C@@H](O)C(=O)OC1C[C@@]2(O)[C@@H](OC(C)=O)[C@@H]3[C@]4(O)CO[C@@H]4C[C@H](O)[C@@]3(C)C(=O)[C@H](O)C(=C1C)C2(C)C. The van der Waals surface area contributed by atoms with E-state index in [1.807, 2.05) is 0 Å². The standard InChI is InChI=1S/C31H41NO13/c1-13-17(45-27(39)23(37)21(32-14(2)33)16-7-8-42-11-16)10-31(41)26(44-15(3)34)24-29(6,18(35)9-19-30(24,40)12-43-19)25(38)22(36)20(13)28(31,4)5/h7-8,11,17-19,21-24,26,35-37,40-41H,9-10,12H2,1-6H3,(H,32,33)/t17?,18-,19+,21-,22+,23+,24-,26-,29+,30-,31+/m0/s1. The van der Waals surface area contributed by atoms with E-state index < -0.39 is 101 Å². The monoisotopic (exact) mass is 635 g/mol. The molecule has 45 heavy (non-hydrogen) atoms. The van der Waals surface area contributed by atoms with Gasteiger partial charge in [-0.05, 0) is 31.1 Å². The summed E-state index contributed by atoms with van der Waals surface area (Å²) >= 11 is 0. The van der Waals surface area contributed by atoms with Crippen molar-refractivity contribution < 1.29 is 63.3 Å². The van der Waals surface area contributed by atoms with Gasteiger partial charge < -0.3 is 49.5 Å². The van der Waals surface area contributed by atoms with Crippen LogP contribution in [-0.2, 0) is 33.4 Å². The summed E-state index contributed by atoms with van der Waals surface area (Å²) in [7, 11) is 0. The summed E-state index contributed by atoms with van der Waals surface area (Å²) < 4.78 is 22.1. The Kier molecular flexibility index (Phi) is 8.11. The molecule has 2 heterocycles. The number of Topliss-reactive ketones (excluding diaryl/α,β-unsaturated/α-hetero) is 1. The molecule has 5 rings (SSSR count). The van der Waals surface area contributed by atoms with Crippen LogP contribution >= 0.6 is 0 Å². The maximum Gasteiger partial charge on any atom is 0.338 e. The van der Waals surface area contributed by atoms with Gasteiger partial charge in [-0.2, -0.15) is 0 Å². The Bertz CT molecular complexity index is 1420. The highest BCUT2D eigenvalue weighted by molar-refractivity contribution is 5.93. The fourth-order valence-electron chi connectivity index (χ4n) is 8.16. The van der Waals surface area contributed by atoms with Crippen LogP contribution in [0.25, 0.3) is 0 Å². The van der Waals surface area contributed by atoms with Gasteiger partial charge in [-0.25, -0.2) is 4.79 Å². The van der Waals surface area contributed by atoms with E-state index in [2.05, 4.69) is 5.32 Å². The second-order valence-electron chi connectivity index (χ2n) is 13.6. The van der Waals surface area contributed by atoms with Crippen molar-refractivity contribution in [3.63, 3.8) is 0 Å². The first-order valence-corrected chi connectivity index (χ1v) is 14.8. The van der Waals surface area contributed by atoms with Gasteiger partial charge in [-0.3, -0.25) is 14.4 Å². The van der Waals surface area contributed by atoms with E-state index in [1.165, 1.54) is 53.2 Å². The summed E-state index contributed by atoms with van der Waals surface area (Å²) in [4.78, 5) is 52.2. The molecule has 3 fully saturated rings. The van der Waals surface area contributed by atoms with E-state index in [9.17, 15) is 44.7 Å². The number of rotatable bonds is 6. The van der Waals surface area contributed by atoms with Crippen LogP contribution in [0, 0.1) is 16.7 Å². The third-order valence-corrected chi connectivity index (χ3v) is 10.7. The van der Waals surface area contributed by atoms with Gasteiger partial charge in [0.1, 0.15) is 29.5 Å². The number of aliphatic hydroxyl groups is 5. The molecule has 4 aliphatic rings. The van der Waals surface area contributed by atoms with Crippen LogP contribution < -0.4 is 5.32 Å². The molecule has 1 saturated heterocycles. The molecule has 1 amide bonds. The van der Waals surface area contributed by atoms with Gasteiger partial charge in [-0.15, -0.1) is 0 Å². The molecule has 1 unspecified atom stereocenters. The van der Waals surface area contributed by atoms with Crippen molar-refractivity contribution in [3.05, 3.63) is 35.3 Å². The third kappa shape index (κ3) is 4.76. The minimum absolute atomic E-state index is 0.0233. The molecule has 6 N–H and O–H groups in total. The molecule has 3 aliphatic carbocycles. The first kappa shape index (κ1) is 33.2. The van der Waals surface area contributed by atoms with Gasteiger partial charge in [0.2, 0.25) is 5.91 Å². The van der Waals surface area contributed by atoms with Gasteiger partial charge in [0.15, 0.2) is 11.9 Å². The molecule has 1 aromatic heterocycles. The zero-order chi connectivity index (χ0) is 33.4. The van der Waals surface area contributed by atoms with Crippen molar-refractivity contribution in [1.29, 1.82) is 0 Å². The fraction of sp³-hybridized carbons (Fsp3) is 0.677. The highest BCUT2D eigenvalue weighted by Crippen LogP contribution is 2.63. The van der Waals surface area contributed by atoms with Crippen molar-refractivity contribution in [3.8, 4) is 0 Å². The van der Waals surface area contributed by atoms with E-state index in [-0.39, 0.29) is 29.7 Å². The lowest BCUT2D eigenvalue weighted by molar-refractivity contribution is -0.345. The Morgan fingerprint density at radius 3 is 2.31 bits per heavy atom. The van der Waals surface area contributed by atoms with Crippen molar-refractivity contribution in [2.24, 2.45) is 16.7 Å². The number of nitrogens with one attached hydrogen (secondary N) is 1. The second-order valence-corrected chi connectivity index (χ2v) is 13.6. The molecule has 2 saturated carbocycles. The molecule has 14 heteroatoms. The van der Waals surface area contributed by atoms with Crippen LogP contribution in [0.2, 0.25) is 0 Å². The number of hydrogen-bond acceptors (Lipinski definition) is 13. The average molecular weight is 636 g/mol. The topological polar surface area (TPSA) is 222 Å². The van der Waals surface area contributed by atoms with E-state index in [0.717, 1.165) is 6.92 Å². The first-order chi connectivity index (χ1) is 20.8. The van der Waals surface area contributed by atoms with E-state index in [4.69, 9.17) is 18.6 Å². The van der Waals surface area contributed by atoms with Gasteiger partial charge >= 0.3 is 11.9 Å². The highest BCUT2D eigenvalue weighted by Gasteiger charge is 2.76. The van der Waals surface area contributed by atoms with Gasteiger partial charge in [-0.1, -0.05) is 13.8 Å². The summed E-state index contributed by atoms with van der Waals surface area (Å²) in [5.74, 6) is -4.93. The fourth-order valence-corrected chi connectivity index (χ4v) is 8.16. The van der Waals surface area contributed by atoms with Gasteiger partial charge in [0.05, 0.1) is 42.8 Å². The Hall–Kier alpha value is -3.14. The minimum Gasteiger partial charge on any atom is -0.472 e. The minimum atomic E-state index is -2.22. The van der Waals surface area contributed by atoms with Crippen molar-refractivity contribution >= 4 is 23.6 Å². The predicted molar refractivity (Wildman–Crippen MR) is 151 cm³/mol. The molecule has 1 aromatic rings. The number of ketones is 1. The van der Waals surface area contributed by atoms with Crippen LogP contribution in [-0.4, -0.2) is 104 Å². The Balaban J connectivity index is 1.63. The zero-order valence-corrected chi connectivity index (χ0v) is 26.0. The van der Waals surface area contributed by atoms with Crippen molar-refractivity contribution in [2.45, 2.75) is 108 Å². The summed E-state index contributed by atoms with van der Waals surface area (Å²) in [6, 6.07) is 0.183. The quantitative estimate of drug-likeness (QED) is 0.173. The number of amides is 1. The number of hydrogen-bond donors (Lipinski definition) is 6. The smallest absolute Gasteiger partial charge is 0.338 e. The number of furan rings is 1. The molecular formula is C31H41NO13. The molecule has 248 valence electrons. The lowest BCUT2D eigenvalue weighted by Gasteiger charge is -2.66. The lowest BCUT2D eigenvalue weighted by Crippen LogP contribution is -2.81. The normalized spacial score (nSPS) is 40.0. The molecule has 0 radical (unpaired) electrons. The second kappa shape index (κ2) is 11.0. The Morgan fingerprint density at radius 1 is 1.11 bits per heavy atom. The van der Waals surface area contributed by atoms with E-state index >= 15 is 0 Å². The summed E-state index contributed by atoms with van der Waals surface area (Å²) in [5.41, 5.74) is -7.03. The molecule has 0 aromatic carbocycles. The first-order valence-electron chi connectivity index (χ1n) is 14.8. The van der Waals surface area contributed by atoms with Crippen molar-refractivity contribution in [2.75, 3.05) is 6.61 Å². The van der Waals surface area contributed by atoms with E-state index in [0.29, 0.717) is 0 Å². The number of carbonyl (C=O) groups is 4. The lowest BCUT2D eigenvalue weighted by atomic mass is 9.45. The zero-order valence-electron chi connectivity index (χ0n) is 26.0. The van der Waals surface area contributed by atoms with Crippen LogP contribution in [0.4, 0.5) is 0 Å². The number of esters is 2. The summed E-state index contributed by atoms with van der Waals surface area (Å²) in [6.07, 6.45) is -7.37. The molecule has 0 spiro atoms. The Labute approximate surface area is 259 Å². The van der Waals surface area contributed by atoms with Crippen LogP contribution in [0.3, 0.4) is 0 Å². The summed E-state index contributed by atoms with van der Waals surface area (Å²) in [6.45, 7) is 7.96. The predicted octanol–water partition coefficient (Wildman–Crippen LogP) is -0.401. The summed E-state index contributed by atoms with van der Waals surface area (Å²) in [5, 5.41) is 61.2. The largest absolute Gasteiger partial charge is 0.472 e. The van der Waals surface area contributed by atoms with E-state index in [1.54, 1.807) is 0 Å². The van der Waals surface area contributed by atoms with Gasteiger partial charge in [0, 0.05) is 43.6 Å². The van der Waals surface area contributed by atoms with Gasteiger partial charge in [0.25, 0.3) is 0 Å². The Morgan fingerprint density at radius 2 is 1.78 bits per heavy atom. The van der Waals surface area contributed by atoms with Crippen LogP contribution in [0.1, 0.15) is 66.0 Å². The molecule has 2 bridgehead atoms. The number of ether oxygens (including phenoxy) is 3. The molecule has 11 atom stereocenters.